The molecule has 0 spiro atoms. The number of hydrogen-bond donors (Lipinski definition) is 0. The van der Waals surface area contributed by atoms with Crippen molar-refractivity contribution in [3.63, 3.8) is 0 Å². The third-order valence-corrected chi connectivity index (χ3v) is 4.99. The highest BCUT2D eigenvalue weighted by Gasteiger charge is 2.13. The molecule has 0 aliphatic heterocycles. The van der Waals surface area contributed by atoms with Crippen molar-refractivity contribution in [2.24, 2.45) is 7.05 Å². The smallest absolute Gasteiger partial charge is 0.249 e. The lowest BCUT2D eigenvalue weighted by Gasteiger charge is -1.99. The number of nitrogens with zero attached hydrogens (tertiary/aromatic N) is 4. The summed E-state index contributed by atoms with van der Waals surface area (Å²) in [5, 5.41) is 9.69. The van der Waals surface area contributed by atoms with E-state index in [1.54, 1.807) is 17.8 Å². The Morgan fingerprint density at radius 2 is 1.88 bits per heavy atom. The highest BCUT2D eigenvalue weighted by atomic mass is 35.5. The van der Waals surface area contributed by atoms with Gasteiger partial charge in [0.05, 0.1) is 27.4 Å². The summed E-state index contributed by atoms with van der Waals surface area (Å²) in [5.74, 6) is 1.53. The van der Waals surface area contributed by atoms with E-state index in [4.69, 9.17) is 16.0 Å². The summed E-state index contributed by atoms with van der Waals surface area (Å²) in [4.78, 5) is 4.62. The van der Waals surface area contributed by atoms with Crippen LogP contribution >= 0.6 is 23.4 Å². The van der Waals surface area contributed by atoms with Crippen molar-refractivity contribution in [3.8, 4) is 11.5 Å². The molecule has 2 heterocycles. The Kier molecular flexibility index (Phi) is 4.00. The molecule has 0 unspecified atom stereocenters. The van der Waals surface area contributed by atoms with Crippen molar-refractivity contribution in [1.29, 1.82) is 0 Å². The summed E-state index contributed by atoms with van der Waals surface area (Å²) in [6, 6.07) is 15.5. The van der Waals surface area contributed by atoms with Gasteiger partial charge in [-0.25, -0.2) is 4.98 Å². The molecule has 4 rings (SSSR count). The first-order valence-corrected chi connectivity index (χ1v) is 8.70. The first kappa shape index (κ1) is 15.2. The predicted molar refractivity (Wildman–Crippen MR) is 95.0 cm³/mol. The molecule has 5 nitrogen and oxygen atoms in total. The van der Waals surface area contributed by atoms with E-state index >= 15 is 0 Å². The minimum absolute atomic E-state index is 0.432. The van der Waals surface area contributed by atoms with Crippen LogP contribution in [0.2, 0.25) is 5.02 Å². The molecule has 2 aromatic heterocycles. The van der Waals surface area contributed by atoms with Crippen LogP contribution in [-0.2, 0) is 12.8 Å². The minimum Gasteiger partial charge on any atom is -0.420 e. The molecule has 0 fully saturated rings. The number of benzene rings is 2. The van der Waals surface area contributed by atoms with Crippen molar-refractivity contribution in [3.05, 3.63) is 59.4 Å². The van der Waals surface area contributed by atoms with Gasteiger partial charge in [0, 0.05) is 7.05 Å². The molecule has 0 radical (unpaired) electrons. The SMILES string of the molecule is Cn1c(SCc2nnc(-c3ccccc3Cl)o2)nc2ccccc21. The van der Waals surface area contributed by atoms with Gasteiger partial charge in [0.25, 0.3) is 0 Å². The van der Waals surface area contributed by atoms with E-state index in [-0.39, 0.29) is 0 Å². The maximum Gasteiger partial charge on any atom is 0.249 e. The second-order valence-electron chi connectivity index (χ2n) is 5.21. The Bertz CT molecular complexity index is 1010. The van der Waals surface area contributed by atoms with Crippen molar-refractivity contribution in [2.45, 2.75) is 10.9 Å². The van der Waals surface area contributed by atoms with E-state index in [2.05, 4.69) is 25.8 Å². The topological polar surface area (TPSA) is 56.7 Å². The highest BCUT2D eigenvalue weighted by Crippen LogP contribution is 2.29. The van der Waals surface area contributed by atoms with Crippen LogP contribution in [0, 0.1) is 0 Å². The number of hydrogen-bond acceptors (Lipinski definition) is 5. The van der Waals surface area contributed by atoms with Gasteiger partial charge in [-0.2, -0.15) is 0 Å². The van der Waals surface area contributed by atoms with Gasteiger partial charge >= 0.3 is 0 Å². The number of rotatable bonds is 4. The number of fused-ring (bicyclic) bond motifs is 1. The zero-order valence-corrected chi connectivity index (χ0v) is 14.4. The van der Waals surface area contributed by atoms with Gasteiger partial charge in [0.1, 0.15) is 0 Å². The lowest BCUT2D eigenvalue weighted by Crippen LogP contribution is -1.91. The highest BCUT2D eigenvalue weighted by molar-refractivity contribution is 7.98. The van der Waals surface area contributed by atoms with Crippen LogP contribution < -0.4 is 0 Å². The van der Waals surface area contributed by atoms with Crippen molar-refractivity contribution < 1.29 is 4.42 Å². The van der Waals surface area contributed by atoms with Crippen LogP contribution in [0.4, 0.5) is 0 Å². The normalized spacial score (nSPS) is 11.2. The second kappa shape index (κ2) is 6.30. The van der Waals surface area contributed by atoms with Gasteiger partial charge in [-0.1, -0.05) is 47.6 Å². The molecule has 0 aliphatic carbocycles. The van der Waals surface area contributed by atoms with Crippen molar-refractivity contribution >= 4 is 34.4 Å². The van der Waals surface area contributed by atoms with Gasteiger partial charge in [0.15, 0.2) is 5.16 Å². The number of imidazole rings is 1. The van der Waals surface area contributed by atoms with Crippen LogP contribution in [0.15, 0.2) is 58.1 Å². The largest absolute Gasteiger partial charge is 0.420 e. The molecule has 0 atom stereocenters. The van der Waals surface area contributed by atoms with Crippen LogP contribution in [0.3, 0.4) is 0 Å². The van der Waals surface area contributed by atoms with Gasteiger partial charge in [0.2, 0.25) is 11.8 Å². The number of aryl methyl sites for hydroxylation is 1. The van der Waals surface area contributed by atoms with Gasteiger partial charge in [-0.3, -0.25) is 0 Å². The molecule has 0 saturated carbocycles. The quantitative estimate of drug-likeness (QED) is 0.501. The maximum absolute atomic E-state index is 6.16. The third-order valence-electron chi connectivity index (χ3n) is 3.64. The Hall–Kier alpha value is -2.31. The molecular weight excluding hydrogens is 344 g/mol. The Balaban J connectivity index is 1.54. The average Bonchev–Trinajstić information content (AvgIpc) is 3.19. The Labute approximate surface area is 147 Å². The van der Waals surface area contributed by atoms with Crippen LogP contribution in [0.25, 0.3) is 22.5 Å². The fourth-order valence-electron chi connectivity index (χ4n) is 2.43. The number of para-hydroxylation sites is 2. The van der Waals surface area contributed by atoms with E-state index < -0.39 is 0 Å². The summed E-state index contributed by atoms with van der Waals surface area (Å²) >= 11 is 7.72. The van der Waals surface area contributed by atoms with Gasteiger partial charge in [-0.05, 0) is 24.3 Å². The molecule has 0 amide bonds. The van der Waals surface area contributed by atoms with Crippen LogP contribution in [-0.4, -0.2) is 19.7 Å². The van der Waals surface area contributed by atoms with E-state index in [0.717, 1.165) is 21.8 Å². The minimum atomic E-state index is 0.432. The molecule has 120 valence electrons. The Morgan fingerprint density at radius 1 is 1.08 bits per heavy atom. The zero-order valence-electron chi connectivity index (χ0n) is 12.8. The number of thioether (sulfide) groups is 1. The summed E-state index contributed by atoms with van der Waals surface area (Å²) in [6.45, 7) is 0. The van der Waals surface area contributed by atoms with Gasteiger partial charge in [-0.15, -0.1) is 10.2 Å². The Morgan fingerprint density at radius 3 is 2.71 bits per heavy atom. The molecule has 7 heteroatoms. The molecule has 0 aliphatic rings. The van der Waals surface area contributed by atoms with Gasteiger partial charge < -0.3 is 8.98 Å². The standard InChI is InChI=1S/C17H13ClN4OS/c1-22-14-9-5-4-8-13(14)19-17(22)24-10-15-20-21-16(23-15)11-6-2-3-7-12(11)18/h2-9H,10H2,1H3. The molecular formula is C17H13ClN4OS. The first-order valence-electron chi connectivity index (χ1n) is 7.34. The van der Waals surface area contributed by atoms with Crippen molar-refractivity contribution in [2.75, 3.05) is 0 Å². The summed E-state index contributed by atoms with van der Waals surface area (Å²) < 4.78 is 7.78. The lowest BCUT2D eigenvalue weighted by molar-refractivity contribution is 0.528. The average molecular weight is 357 g/mol. The van der Waals surface area contributed by atoms with E-state index in [0.29, 0.717) is 22.6 Å². The third kappa shape index (κ3) is 2.79. The van der Waals surface area contributed by atoms with E-state index in [1.807, 2.05) is 43.4 Å². The van der Waals surface area contributed by atoms with Crippen LogP contribution in [0.5, 0.6) is 0 Å². The van der Waals surface area contributed by atoms with E-state index in [9.17, 15) is 0 Å². The molecule has 0 bridgehead atoms. The monoisotopic (exact) mass is 356 g/mol. The fraction of sp³-hybridized carbons (Fsp3) is 0.118. The maximum atomic E-state index is 6.16. The van der Waals surface area contributed by atoms with Crippen LogP contribution in [0.1, 0.15) is 5.89 Å². The fourth-order valence-corrected chi connectivity index (χ4v) is 3.47. The number of aromatic nitrogens is 4. The first-order chi connectivity index (χ1) is 11.7. The summed E-state index contributed by atoms with van der Waals surface area (Å²) in [5.41, 5.74) is 2.82. The van der Waals surface area contributed by atoms with E-state index in [1.165, 1.54) is 0 Å². The molecule has 0 saturated heterocycles. The predicted octanol–water partition coefficient (Wildman–Crippen LogP) is 4.57. The molecule has 24 heavy (non-hydrogen) atoms. The second-order valence-corrected chi connectivity index (χ2v) is 6.56. The summed E-state index contributed by atoms with van der Waals surface area (Å²) in [7, 11) is 2.00. The molecule has 4 aromatic rings. The lowest BCUT2D eigenvalue weighted by atomic mass is 10.2. The summed E-state index contributed by atoms with van der Waals surface area (Å²) in [6.07, 6.45) is 0. The zero-order chi connectivity index (χ0) is 16.5. The molecule has 0 N–H and O–H groups in total. The number of halogens is 1. The van der Waals surface area contributed by atoms with Crippen molar-refractivity contribution in [1.82, 2.24) is 19.7 Å². The molecule has 2 aromatic carbocycles.